The maximum atomic E-state index is 12.0. The van der Waals surface area contributed by atoms with Crippen LogP contribution in [0.1, 0.15) is 49.0 Å². The summed E-state index contributed by atoms with van der Waals surface area (Å²) in [6, 6.07) is 7.57. The minimum atomic E-state index is -0.458. The average molecular weight is 275 g/mol. The lowest BCUT2D eigenvalue weighted by atomic mass is 9.97. The van der Waals surface area contributed by atoms with Crippen LogP contribution in [0.25, 0.3) is 0 Å². The number of ether oxygens (including phenoxy) is 1. The van der Waals surface area contributed by atoms with Crippen LogP contribution < -0.4 is 0 Å². The van der Waals surface area contributed by atoms with Crippen LogP contribution in [0, 0.1) is 0 Å². The van der Waals surface area contributed by atoms with Crippen LogP contribution in [0.15, 0.2) is 24.3 Å². The Morgan fingerprint density at radius 1 is 1.30 bits per heavy atom. The SMILES string of the molecule is CC(C)(C)OC(=O)N1CCC(c2ccc(C=O)cc2)C1. The van der Waals surface area contributed by atoms with Crippen molar-refractivity contribution in [3.8, 4) is 0 Å². The Balaban J connectivity index is 1.97. The third-order valence-electron chi connectivity index (χ3n) is 3.38. The molecule has 0 bridgehead atoms. The van der Waals surface area contributed by atoms with Gasteiger partial charge < -0.3 is 9.64 Å². The molecule has 0 aliphatic carbocycles. The number of carbonyl (C=O) groups excluding carboxylic acids is 2. The Kier molecular flexibility index (Phi) is 4.12. The zero-order chi connectivity index (χ0) is 14.8. The summed E-state index contributed by atoms with van der Waals surface area (Å²) in [5, 5.41) is 0. The summed E-state index contributed by atoms with van der Waals surface area (Å²) in [6.45, 7) is 7.01. The minimum absolute atomic E-state index is 0.246. The zero-order valence-electron chi connectivity index (χ0n) is 12.3. The van der Waals surface area contributed by atoms with Crippen LogP contribution in [0.2, 0.25) is 0 Å². The molecule has 4 nitrogen and oxygen atoms in total. The van der Waals surface area contributed by atoms with E-state index in [-0.39, 0.29) is 6.09 Å². The first-order chi connectivity index (χ1) is 9.39. The molecule has 1 aliphatic heterocycles. The van der Waals surface area contributed by atoms with E-state index in [0.29, 0.717) is 18.0 Å². The topological polar surface area (TPSA) is 46.6 Å². The number of rotatable bonds is 2. The van der Waals surface area contributed by atoms with Gasteiger partial charge in [-0.15, -0.1) is 0 Å². The predicted octanol–water partition coefficient (Wildman–Crippen LogP) is 3.22. The smallest absolute Gasteiger partial charge is 0.410 e. The van der Waals surface area contributed by atoms with Crippen molar-refractivity contribution in [1.82, 2.24) is 4.90 Å². The molecule has 0 spiro atoms. The van der Waals surface area contributed by atoms with Crippen LogP contribution >= 0.6 is 0 Å². The number of benzene rings is 1. The van der Waals surface area contributed by atoms with Crippen LogP contribution in [-0.4, -0.2) is 36.0 Å². The molecule has 1 atom stereocenters. The van der Waals surface area contributed by atoms with Gasteiger partial charge in [-0.25, -0.2) is 4.79 Å². The molecule has 1 unspecified atom stereocenters. The van der Waals surface area contributed by atoms with E-state index in [9.17, 15) is 9.59 Å². The highest BCUT2D eigenvalue weighted by molar-refractivity contribution is 5.74. The van der Waals surface area contributed by atoms with E-state index in [0.717, 1.165) is 19.3 Å². The Bertz CT molecular complexity index is 487. The van der Waals surface area contributed by atoms with Gasteiger partial charge in [0.1, 0.15) is 11.9 Å². The molecule has 2 rings (SSSR count). The molecule has 1 aromatic carbocycles. The van der Waals surface area contributed by atoms with E-state index in [1.165, 1.54) is 5.56 Å². The molecule has 0 saturated carbocycles. The average Bonchev–Trinajstić information content (AvgIpc) is 2.86. The summed E-state index contributed by atoms with van der Waals surface area (Å²) in [4.78, 5) is 24.4. The largest absolute Gasteiger partial charge is 0.444 e. The maximum Gasteiger partial charge on any atom is 0.410 e. The van der Waals surface area contributed by atoms with Crippen molar-refractivity contribution < 1.29 is 14.3 Å². The molecule has 108 valence electrons. The van der Waals surface area contributed by atoms with Gasteiger partial charge in [0.2, 0.25) is 0 Å². The third-order valence-corrected chi connectivity index (χ3v) is 3.38. The summed E-state index contributed by atoms with van der Waals surface area (Å²) in [5.41, 5.74) is 1.39. The first-order valence-electron chi connectivity index (χ1n) is 6.92. The van der Waals surface area contributed by atoms with Gasteiger partial charge in [-0.2, -0.15) is 0 Å². The van der Waals surface area contributed by atoms with Gasteiger partial charge in [-0.3, -0.25) is 4.79 Å². The molecule has 1 heterocycles. The van der Waals surface area contributed by atoms with Crippen molar-refractivity contribution in [2.75, 3.05) is 13.1 Å². The van der Waals surface area contributed by atoms with E-state index >= 15 is 0 Å². The summed E-state index contributed by atoms with van der Waals surface area (Å²) >= 11 is 0. The third kappa shape index (κ3) is 3.59. The molecular weight excluding hydrogens is 254 g/mol. The Hall–Kier alpha value is -1.84. The summed E-state index contributed by atoms with van der Waals surface area (Å²) in [5.74, 6) is 0.322. The number of carbonyl (C=O) groups is 2. The number of hydrogen-bond donors (Lipinski definition) is 0. The lowest BCUT2D eigenvalue weighted by Gasteiger charge is -2.24. The molecule has 1 amide bonds. The van der Waals surface area contributed by atoms with Crippen LogP contribution in [0.3, 0.4) is 0 Å². The predicted molar refractivity (Wildman–Crippen MR) is 77.0 cm³/mol. The van der Waals surface area contributed by atoms with Gasteiger partial charge >= 0.3 is 6.09 Å². The molecule has 1 fully saturated rings. The van der Waals surface area contributed by atoms with Crippen molar-refractivity contribution in [1.29, 1.82) is 0 Å². The second-order valence-corrected chi connectivity index (χ2v) is 6.20. The highest BCUT2D eigenvalue weighted by Crippen LogP contribution is 2.28. The first kappa shape index (κ1) is 14.6. The normalized spacial score (nSPS) is 18.9. The number of likely N-dealkylation sites (tertiary alicyclic amines) is 1. The van der Waals surface area contributed by atoms with E-state index in [1.54, 1.807) is 4.90 Å². The lowest BCUT2D eigenvalue weighted by molar-refractivity contribution is 0.0292. The standard InChI is InChI=1S/C16H21NO3/c1-16(2,3)20-15(19)17-9-8-14(10-17)13-6-4-12(11-18)5-7-13/h4-7,11,14H,8-10H2,1-3H3. The van der Waals surface area contributed by atoms with Gasteiger partial charge in [-0.05, 0) is 32.8 Å². The Morgan fingerprint density at radius 3 is 2.50 bits per heavy atom. The fourth-order valence-electron chi connectivity index (χ4n) is 2.37. The number of aldehydes is 1. The Morgan fingerprint density at radius 2 is 1.95 bits per heavy atom. The van der Waals surface area contributed by atoms with Crippen molar-refractivity contribution in [2.24, 2.45) is 0 Å². The van der Waals surface area contributed by atoms with Crippen LogP contribution in [-0.2, 0) is 4.74 Å². The molecule has 1 saturated heterocycles. The fraction of sp³-hybridized carbons (Fsp3) is 0.500. The molecule has 1 aliphatic rings. The lowest BCUT2D eigenvalue weighted by Crippen LogP contribution is -2.35. The van der Waals surface area contributed by atoms with Crippen molar-refractivity contribution in [2.45, 2.75) is 38.7 Å². The van der Waals surface area contributed by atoms with E-state index in [1.807, 2.05) is 45.0 Å². The number of amides is 1. The first-order valence-corrected chi connectivity index (χ1v) is 6.92. The second kappa shape index (κ2) is 5.65. The monoisotopic (exact) mass is 275 g/mol. The summed E-state index contributed by atoms with van der Waals surface area (Å²) < 4.78 is 5.38. The van der Waals surface area contributed by atoms with Crippen LogP contribution in [0.5, 0.6) is 0 Å². The van der Waals surface area contributed by atoms with Crippen LogP contribution in [0.4, 0.5) is 4.79 Å². The van der Waals surface area contributed by atoms with Crippen molar-refractivity contribution >= 4 is 12.4 Å². The highest BCUT2D eigenvalue weighted by atomic mass is 16.6. The summed E-state index contributed by atoms with van der Waals surface area (Å²) in [6.07, 6.45) is 1.52. The van der Waals surface area contributed by atoms with Gasteiger partial charge in [0.15, 0.2) is 0 Å². The number of nitrogens with zero attached hydrogens (tertiary/aromatic N) is 1. The quantitative estimate of drug-likeness (QED) is 0.778. The molecule has 0 radical (unpaired) electrons. The molecule has 1 aromatic rings. The molecular formula is C16H21NO3. The summed E-state index contributed by atoms with van der Waals surface area (Å²) in [7, 11) is 0. The van der Waals surface area contributed by atoms with Gasteiger partial charge in [-0.1, -0.05) is 24.3 Å². The molecule has 20 heavy (non-hydrogen) atoms. The maximum absolute atomic E-state index is 12.0. The highest BCUT2D eigenvalue weighted by Gasteiger charge is 2.30. The van der Waals surface area contributed by atoms with Gasteiger partial charge in [0.25, 0.3) is 0 Å². The molecule has 0 N–H and O–H groups in total. The molecule has 0 aromatic heterocycles. The van der Waals surface area contributed by atoms with E-state index in [4.69, 9.17) is 4.74 Å². The van der Waals surface area contributed by atoms with Crippen molar-refractivity contribution in [3.63, 3.8) is 0 Å². The van der Waals surface area contributed by atoms with E-state index < -0.39 is 5.60 Å². The van der Waals surface area contributed by atoms with Gasteiger partial charge in [0, 0.05) is 24.6 Å². The number of hydrogen-bond acceptors (Lipinski definition) is 3. The van der Waals surface area contributed by atoms with Crippen molar-refractivity contribution in [3.05, 3.63) is 35.4 Å². The minimum Gasteiger partial charge on any atom is -0.444 e. The second-order valence-electron chi connectivity index (χ2n) is 6.20. The zero-order valence-corrected chi connectivity index (χ0v) is 12.3. The fourth-order valence-corrected chi connectivity index (χ4v) is 2.37. The van der Waals surface area contributed by atoms with E-state index in [2.05, 4.69) is 0 Å². The Labute approximate surface area is 119 Å². The molecule has 4 heteroatoms. The van der Waals surface area contributed by atoms with Gasteiger partial charge in [0.05, 0.1) is 0 Å².